The van der Waals surface area contributed by atoms with Gasteiger partial charge in [-0.05, 0) is 54.1 Å². The van der Waals surface area contributed by atoms with Crippen LogP contribution in [0.4, 0.5) is 11.4 Å². The highest BCUT2D eigenvalue weighted by atomic mass is 35.5. The first-order valence-electron chi connectivity index (χ1n) is 12.6. The molecule has 0 spiro atoms. The molecule has 0 radical (unpaired) electrons. The lowest BCUT2D eigenvalue weighted by Crippen LogP contribution is -2.50. The summed E-state index contributed by atoms with van der Waals surface area (Å²) in [7, 11) is -2.83. The Morgan fingerprint density at radius 3 is 2.38 bits per heavy atom. The number of halogens is 1. The lowest BCUT2D eigenvalue weighted by atomic mass is 10.1. The van der Waals surface area contributed by atoms with E-state index in [4.69, 9.17) is 21.1 Å². The Hall–Kier alpha value is -3.64. The Kier molecular flexibility index (Phi) is 7.99. The molecule has 210 valence electrons. The maximum absolute atomic E-state index is 14.2. The minimum absolute atomic E-state index is 0.0903. The predicted molar refractivity (Wildman–Crippen MR) is 150 cm³/mol. The quantitative estimate of drug-likeness (QED) is 0.467. The third-order valence-electron chi connectivity index (χ3n) is 7.05. The summed E-state index contributed by atoms with van der Waals surface area (Å²) in [6.45, 7) is 1.53. The van der Waals surface area contributed by atoms with E-state index in [-0.39, 0.29) is 11.4 Å². The van der Waals surface area contributed by atoms with Gasteiger partial charge in [-0.1, -0.05) is 29.8 Å². The monoisotopic (exact) mass is 585 g/mol. The van der Waals surface area contributed by atoms with Crippen LogP contribution in [0.25, 0.3) is 0 Å². The van der Waals surface area contributed by atoms with E-state index in [1.54, 1.807) is 30.3 Å². The number of hydrogen-bond donors (Lipinski definition) is 1. The Morgan fingerprint density at radius 1 is 1.00 bits per heavy atom. The second-order valence-electron chi connectivity index (χ2n) is 9.39. The Bertz CT molecular complexity index is 1530. The lowest BCUT2D eigenvalue weighted by Gasteiger charge is -2.32. The van der Waals surface area contributed by atoms with Crippen molar-refractivity contribution in [2.24, 2.45) is 0 Å². The number of amides is 1. The molecule has 2 aliphatic rings. The molecule has 1 unspecified atom stereocenters. The summed E-state index contributed by atoms with van der Waals surface area (Å²) in [6.07, 6.45) is 0. The standard InChI is InChI=1S/C28H28ClN3O7S/c1-38-21-8-10-22(11-9-21)40(36,37)32-17-19-6-7-20(29)16-25(19)31(18-26(32)28(34)35)27(33)23-4-2-3-5-24(23)30-12-14-39-15-13-30/h2-11,16,26H,12-15,17-18H2,1H3,(H,34,35). The van der Waals surface area contributed by atoms with Crippen molar-refractivity contribution in [1.82, 2.24) is 4.31 Å². The average molecular weight is 586 g/mol. The summed E-state index contributed by atoms with van der Waals surface area (Å²) in [4.78, 5) is 30.1. The van der Waals surface area contributed by atoms with Crippen LogP contribution in [0, 0.1) is 0 Å². The van der Waals surface area contributed by atoms with Gasteiger partial charge in [-0.3, -0.25) is 9.59 Å². The number of carbonyl (C=O) groups is 2. The highest BCUT2D eigenvalue weighted by Gasteiger charge is 2.42. The molecule has 2 aliphatic heterocycles. The maximum atomic E-state index is 14.2. The number of morpholine rings is 1. The summed E-state index contributed by atoms with van der Waals surface area (Å²) in [5, 5.41) is 10.6. The largest absolute Gasteiger partial charge is 0.497 e. The third kappa shape index (κ3) is 5.37. The molecular weight excluding hydrogens is 558 g/mol. The molecule has 5 rings (SSSR count). The van der Waals surface area contributed by atoms with Crippen LogP contribution in [-0.4, -0.2) is 75.7 Å². The molecule has 10 nitrogen and oxygen atoms in total. The van der Waals surface area contributed by atoms with Crippen molar-refractivity contribution in [2.45, 2.75) is 17.5 Å². The van der Waals surface area contributed by atoms with E-state index in [0.717, 1.165) is 4.31 Å². The van der Waals surface area contributed by atoms with Gasteiger partial charge in [0.15, 0.2) is 0 Å². The second-order valence-corrected chi connectivity index (χ2v) is 11.7. The van der Waals surface area contributed by atoms with Gasteiger partial charge >= 0.3 is 5.97 Å². The number of carboxylic acid groups (broad SMARTS) is 1. The normalized spacial score (nSPS) is 18.1. The van der Waals surface area contributed by atoms with Crippen molar-refractivity contribution in [2.75, 3.05) is 49.8 Å². The molecule has 0 aromatic heterocycles. The Labute approximate surface area is 237 Å². The molecule has 1 atom stereocenters. The number of carbonyl (C=O) groups excluding carboxylic acids is 1. The van der Waals surface area contributed by atoms with Crippen molar-refractivity contribution in [3.05, 3.63) is 82.9 Å². The van der Waals surface area contributed by atoms with E-state index in [1.165, 1.54) is 36.3 Å². The molecule has 1 amide bonds. The third-order valence-corrected chi connectivity index (χ3v) is 9.15. The Balaban J connectivity index is 1.60. The van der Waals surface area contributed by atoms with E-state index in [0.29, 0.717) is 59.6 Å². The smallest absolute Gasteiger partial charge is 0.323 e. The van der Waals surface area contributed by atoms with Crippen LogP contribution in [0.3, 0.4) is 0 Å². The lowest BCUT2D eigenvalue weighted by molar-refractivity contribution is -0.141. The average Bonchev–Trinajstić information content (AvgIpc) is 3.15. The van der Waals surface area contributed by atoms with Crippen LogP contribution >= 0.6 is 11.6 Å². The maximum Gasteiger partial charge on any atom is 0.323 e. The van der Waals surface area contributed by atoms with Crippen LogP contribution in [0.1, 0.15) is 15.9 Å². The van der Waals surface area contributed by atoms with Crippen LogP contribution in [0.15, 0.2) is 71.6 Å². The topological polar surface area (TPSA) is 117 Å². The van der Waals surface area contributed by atoms with E-state index < -0.39 is 34.5 Å². The van der Waals surface area contributed by atoms with Gasteiger partial charge in [0.05, 0.1) is 43.0 Å². The van der Waals surface area contributed by atoms with Gasteiger partial charge in [-0.25, -0.2) is 8.42 Å². The number of carboxylic acids is 1. The van der Waals surface area contributed by atoms with Crippen LogP contribution in [0.5, 0.6) is 5.75 Å². The number of benzene rings is 3. The predicted octanol–water partition coefficient (Wildman–Crippen LogP) is 3.49. The molecule has 3 aromatic carbocycles. The first-order chi connectivity index (χ1) is 19.2. The number of hydrogen-bond acceptors (Lipinski definition) is 7. The number of aliphatic carboxylic acids is 1. The van der Waals surface area contributed by atoms with Gasteiger partial charge in [0, 0.05) is 30.3 Å². The fourth-order valence-electron chi connectivity index (χ4n) is 4.97. The number of rotatable bonds is 6. The molecule has 0 saturated carbocycles. The molecule has 1 saturated heterocycles. The first-order valence-corrected chi connectivity index (χ1v) is 14.4. The molecule has 2 heterocycles. The molecule has 12 heteroatoms. The minimum atomic E-state index is -4.29. The molecule has 0 bridgehead atoms. The fourth-order valence-corrected chi connectivity index (χ4v) is 6.69. The summed E-state index contributed by atoms with van der Waals surface area (Å²) in [6, 6.07) is 16.0. The van der Waals surface area contributed by atoms with Crippen molar-refractivity contribution >= 4 is 44.9 Å². The van der Waals surface area contributed by atoms with E-state index in [1.807, 2.05) is 17.0 Å². The highest BCUT2D eigenvalue weighted by Crippen LogP contribution is 2.35. The van der Waals surface area contributed by atoms with E-state index in [9.17, 15) is 23.1 Å². The number of para-hydroxylation sites is 1. The van der Waals surface area contributed by atoms with Gasteiger partial charge in [0.2, 0.25) is 10.0 Å². The van der Waals surface area contributed by atoms with Gasteiger partial charge in [-0.15, -0.1) is 0 Å². The molecule has 0 aliphatic carbocycles. The Morgan fingerprint density at radius 2 is 1.70 bits per heavy atom. The highest BCUT2D eigenvalue weighted by molar-refractivity contribution is 7.89. The number of fused-ring (bicyclic) bond motifs is 1. The van der Waals surface area contributed by atoms with Crippen LogP contribution in [0.2, 0.25) is 5.02 Å². The molecule has 1 N–H and O–H groups in total. The summed E-state index contributed by atoms with van der Waals surface area (Å²) in [5.41, 5.74) is 1.86. The van der Waals surface area contributed by atoms with Gasteiger partial charge in [0.25, 0.3) is 5.91 Å². The van der Waals surface area contributed by atoms with Crippen molar-refractivity contribution in [1.29, 1.82) is 0 Å². The summed E-state index contributed by atoms with van der Waals surface area (Å²) in [5.74, 6) is -1.38. The fraction of sp³-hybridized carbons (Fsp3) is 0.286. The van der Waals surface area contributed by atoms with Crippen molar-refractivity contribution in [3.63, 3.8) is 0 Å². The number of sulfonamides is 1. The van der Waals surface area contributed by atoms with Gasteiger partial charge < -0.3 is 24.4 Å². The molecule has 1 fully saturated rings. The molecule has 3 aromatic rings. The number of ether oxygens (including phenoxy) is 2. The van der Waals surface area contributed by atoms with E-state index in [2.05, 4.69) is 0 Å². The second kappa shape index (κ2) is 11.5. The SMILES string of the molecule is COc1ccc(S(=O)(=O)N2Cc3ccc(Cl)cc3N(C(=O)c3ccccc3N3CCOCC3)CC2C(=O)O)cc1. The number of nitrogens with zero attached hydrogens (tertiary/aromatic N) is 3. The van der Waals surface area contributed by atoms with Crippen LogP contribution in [-0.2, 0) is 26.1 Å². The van der Waals surface area contributed by atoms with E-state index >= 15 is 0 Å². The van der Waals surface area contributed by atoms with Crippen molar-refractivity contribution in [3.8, 4) is 5.75 Å². The van der Waals surface area contributed by atoms with Gasteiger partial charge in [-0.2, -0.15) is 4.31 Å². The summed E-state index contributed by atoms with van der Waals surface area (Å²) < 4.78 is 39.1. The minimum Gasteiger partial charge on any atom is -0.497 e. The molecule has 40 heavy (non-hydrogen) atoms. The van der Waals surface area contributed by atoms with Crippen LogP contribution < -0.4 is 14.5 Å². The van der Waals surface area contributed by atoms with Crippen molar-refractivity contribution < 1.29 is 32.6 Å². The number of methoxy groups -OCH3 is 1. The zero-order valence-electron chi connectivity index (χ0n) is 21.7. The zero-order valence-corrected chi connectivity index (χ0v) is 23.3. The molecular formula is C28H28ClN3O7S. The first kappa shape index (κ1) is 27.9. The zero-order chi connectivity index (χ0) is 28.4. The van der Waals surface area contributed by atoms with Gasteiger partial charge in [0.1, 0.15) is 11.8 Å². The number of anilines is 2. The summed E-state index contributed by atoms with van der Waals surface area (Å²) >= 11 is 6.33.